The van der Waals surface area contributed by atoms with E-state index >= 15 is 0 Å². The van der Waals surface area contributed by atoms with Gasteiger partial charge in [-0.25, -0.2) is 9.59 Å². The normalized spacial score (nSPS) is 12.6. The minimum atomic E-state index is -0.477. The lowest BCUT2D eigenvalue weighted by molar-refractivity contribution is -0.144. The first-order chi connectivity index (χ1) is 7.02. The third-order valence-corrected chi connectivity index (χ3v) is 1.82. The average molecular weight is 215 g/mol. The van der Waals surface area contributed by atoms with Crippen LogP contribution in [0.2, 0.25) is 0 Å². The number of esters is 2. The summed E-state index contributed by atoms with van der Waals surface area (Å²) in [6.07, 6.45) is 2.59. The van der Waals surface area contributed by atoms with Gasteiger partial charge < -0.3 is 14.8 Å². The van der Waals surface area contributed by atoms with Crippen molar-refractivity contribution in [3.63, 3.8) is 0 Å². The minimum Gasteiger partial charge on any atom is -0.467 e. The molecule has 0 aromatic carbocycles. The summed E-state index contributed by atoms with van der Waals surface area (Å²) in [6, 6.07) is -0.462. The Balaban J connectivity index is 4.25. The fraction of sp³-hybridized carbons (Fsp3) is 0.600. The molecule has 0 aromatic rings. The molecule has 0 rings (SSSR count). The Bertz CT molecular complexity index is 248. The summed E-state index contributed by atoms with van der Waals surface area (Å²) in [5.41, 5.74) is 0. The summed E-state index contributed by atoms with van der Waals surface area (Å²) in [7, 11) is 2.61. The van der Waals surface area contributed by atoms with Crippen LogP contribution in [0.15, 0.2) is 12.3 Å². The van der Waals surface area contributed by atoms with Gasteiger partial charge in [0.2, 0.25) is 0 Å². The van der Waals surface area contributed by atoms with Gasteiger partial charge in [-0.1, -0.05) is 13.8 Å². The summed E-state index contributed by atoms with van der Waals surface area (Å²) in [4.78, 5) is 22.0. The van der Waals surface area contributed by atoms with E-state index < -0.39 is 12.0 Å². The van der Waals surface area contributed by atoms with Crippen molar-refractivity contribution in [3.05, 3.63) is 12.3 Å². The van der Waals surface area contributed by atoms with E-state index in [0.717, 1.165) is 0 Å². The molecule has 5 heteroatoms. The second kappa shape index (κ2) is 6.86. The highest BCUT2D eigenvalue weighted by Gasteiger charge is 2.20. The van der Waals surface area contributed by atoms with Crippen molar-refractivity contribution in [3.8, 4) is 0 Å². The first-order valence-corrected chi connectivity index (χ1v) is 4.61. The van der Waals surface area contributed by atoms with Crippen molar-refractivity contribution in [1.29, 1.82) is 0 Å². The third kappa shape index (κ3) is 5.05. The van der Waals surface area contributed by atoms with E-state index in [9.17, 15) is 9.59 Å². The Hall–Kier alpha value is -1.52. The van der Waals surface area contributed by atoms with Crippen molar-refractivity contribution < 1.29 is 19.1 Å². The molecule has 5 nitrogen and oxygen atoms in total. The van der Waals surface area contributed by atoms with Gasteiger partial charge in [-0.2, -0.15) is 0 Å². The van der Waals surface area contributed by atoms with Crippen molar-refractivity contribution in [2.45, 2.75) is 19.9 Å². The molecule has 0 aliphatic heterocycles. The number of carbonyl (C=O) groups excluding carboxylic acids is 2. The summed E-state index contributed by atoms with van der Waals surface area (Å²) < 4.78 is 9.00. The lowest BCUT2D eigenvalue weighted by Crippen LogP contribution is -2.38. The molecule has 1 unspecified atom stereocenters. The average Bonchev–Trinajstić information content (AvgIpc) is 2.22. The molecule has 0 saturated carbocycles. The quantitative estimate of drug-likeness (QED) is 0.533. The predicted molar refractivity (Wildman–Crippen MR) is 54.9 cm³/mol. The number of hydrogen-bond donors (Lipinski definition) is 1. The highest BCUT2D eigenvalue weighted by molar-refractivity contribution is 5.82. The van der Waals surface area contributed by atoms with Gasteiger partial charge in [0.05, 0.1) is 14.2 Å². The maximum atomic E-state index is 11.3. The topological polar surface area (TPSA) is 64.6 Å². The molecule has 0 heterocycles. The van der Waals surface area contributed by atoms with Gasteiger partial charge in [-0.05, 0) is 5.92 Å². The van der Waals surface area contributed by atoms with Crippen LogP contribution in [0, 0.1) is 5.92 Å². The molecule has 0 bridgehead atoms. The molecule has 1 N–H and O–H groups in total. The summed E-state index contributed by atoms with van der Waals surface area (Å²) in [6.45, 7) is 3.75. The second-order valence-corrected chi connectivity index (χ2v) is 3.27. The SMILES string of the molecule is COC(=O)/C=C/NC(C(=O)OC)C(C)C. The molecule has 15 heavy (non-hydrogen) atoms. The summed E-state index contributed by atoms with van der Waals surface area (Å²) in [5, 5.41) is 2.78. The Morgan fingerprint density at radius 1 is 1.20 bits per heavy atom. The van der Waals surface area contributed by atoms with Crippen LogP contribution in [0.5, 0.6) is 0 Å². The number of carbonyl (C=O) groups is 2. The van der Waals surface area contributed by atoms with Gasteiger partial charge in [-0.3, -0.25) is 0 Å². The lowest BCUT2D eigenvalue weighted by atomic mass is 10.1. The number of ether oxygens (including phenoxy) is 2. The molecule has 0 aliphatic carbocycles. The molecule has 0 radical (unpaired) electrons. The maximum Gasteiger partial charge on any atom is 0.331 e. The molecule has 1 atom stereocenters. The summed E-state index contributed by atoms with van der Waals surface area (Å²) in [5.74, 6) is -0.769. The van der Waals surface area contributed by atoms with Crippen molar-refractivity contribution in [2.24, 2.45) is 5.92 Å². The van der Waals surface area contributed by atoms with Gasteiger partial charge >= 0.3 is 11.9 Å². The van der Waals surface area contributed by atoms with Crippen LogP contribution in [0.1, 0.15) is 13.8 Å². The van der Waals surface area contributed by atoms with E-state index in [1.54, 1.807) is 0 Å². The van der Waals surface area contributed by atoms with Crippen LogP contribution in [-0.4, -0.2) is 32.2 Å². The van der Waals surface area contributed by atoms with Crippen LogP contribution in [0.25, 0.3) is 0 Å². The van der Waals surface area contributed by atoms with Gasteiger partial charge in [0, 0.05) is 12.3 Å². The fourth-order valence-corrected chi connectivity index (χ4v) is 0.947. The molecule has 0 aliphatic rings. The van der Waals surface area contributed by atoms with E-state index in [0.29, 0.717) is 0 Å². The first-order valence-electron chi connectivity index (χ1n) is 4.61. The molecule has 86 valence electrons. The van der Waals surface area contributed by atoms with Crippen molar-refractivity contribution >= 4 is 11.9 Å². The Morgan fingerprint density at radius 2 is 1.80 bits per heavy atom. The third-order valence-electron chi connectivity index (χ3n) is 1.82. The molecule has 0 aromatic heterocycles. The monoisotopic (exact) mass is 215 g/mol. The molecular formula is C10H17NO4. The fourth-order valence-electron chi connectivity index (χ4n) is 0.947. The zero-order valence-electron chi connectivity index (χ0n) is 9.44. The number of methoxy groups -OCH3 is 2. The smallest absolute Gasteiger partial charge is 0.331 e. The number of nitrogens with one attached hydrogen (secondary N) is 1. The van der Waals surface area contributed by atoms with Gasteiger partial charge in [0.15, 0.2) is 0 Å². The second-order valence-electron chi connectivity index (χ2n) is 3.27. The van der Waals surface area contributed by atoms with Gasteiger partial charge in [0.25, 0.3) is 0 Å². The molecule has 0 fully saturated rings. The van der Waals surface area contributed by atoms with E-state index in [1.165, 1.54) is 26.5 Å². The van der Waals surface area contributed by atoms with Crippen molar-refractivity contribution in [2.75, 3.05) is 14.2 Å². The zero-order chi connectivity index (χ0) is 11.8. The highest BCUT2D eigenvalue weighted by atomic mass is 16.5. The van der Waals surface area contributed by atoms with Gasteiger partial charge in [-0.15, -0.1) is 0 Å². The largest absolute Gasteiger partial charge is 0.467 e. The van der Waals surface area contributed by atoms with E-state index in [-0.39, 0.29) is 11.9 Å². The molecule has 0 saturated heterocycles. The maximum absolute atomic E-state index is 11.3. The predicted octanol–water partition coefficient (Wildman–Crippen LogP) is 0.460. The van der Waals surface area contributed by atoms with E-state index in [1.807, 2.05) is 13.8 Å². The van der Waals surface area contributed by atoms with Crippen LogP contribution in [0.3, 0.4) is 0 Å². The van der Waals surface area contributed by atoms with Crippen LogP contribution in [-0.2, 0) is 19.1 Å². The van der Waals surface area contributed by atoms with E-state index in [2.05, 4.69) is 14.8 Å². The molecule has 0 amide bonds. The Labute approximate surface area is 89.4 Å². The molecule has 0 spiro atoms. The number of hydrogen-bond acceptors (Lipinski definition) is 5. The van der Waals surface area contributed by atoms with Crippen LogP contribution < -0.4 is 5.32 Å². The standard InChI is InChI=1S/C10H17NO4/c1-7(2)9(10(13)15-4)11-6-5-8(12)14-3/h5-7,9,11H,1-4H3/b6-5+. The first kappa shape index (κ1) is 13.5. The van der Waals surface area contributed by atoms with E-state index in [4.69, 9.17) is 0 Å². The van der Waals surface area contributed by atoms with Crippen LogP contribution in [0.4, 0.5) is 0 Å². The zero-order valence-corrected chi connectivity index (χ0v) is 9.44. The molecular weight excluding hydrogens is 198 g/mol. The highest BCUT2D eigenvalue weighted by Crippen LogP contribution is 2.03. The Morgan fingerprint density at radius 3 is 2.20 bits per heavy atom. The lowest BCUT2D eigenvalue weighted by Gasteiger charge is -2.18. The minimum absolute atomic E-state index is 0.0692. The Kier molecular flexibility index (Phi) is 6.17. The number of rotatable bonds is 5. The van der Waals surface area contributed by atoms with Crippen LogP contribution >= 0.6 is 0 Å². The summed E-state index contributed by atoms with van der Waals surface area (Å²) >= 11 is 0. The van der Waals surface area contributed by atoms with Gasteiger partial charge in [0.1, 0.15) is 6.04 Å². The van der Waals surface area contributed by atoms with Crippen molar-refractivity contribution in [1.82, 2.24) is 5.32 Å².